The van der Waals surface area contributed by atoms with E-state index in [1.807, 2.05) is 26.2 Å². The van der Waals surface area contributed by atoms with Crippen molar-refractivity contribution in [3.63, 3.8) is 0 Å². The fourth-order valence-corrected chi connectivity index (χ4v) is 4.07. The lowest BCUT2D eigenvalue weighted by Gasteiger charge is -2.12. The summed E-state index contributed by atoms with van der Waals surface area (Å²) in [5, 5.41) is 6.62. The molecule has 0 unspecified atom stereocenters. The SMILES string of the molecule is Cc1nc(C)c([C@H](C)NC(=O)Cc2csc(-c3ncccn3)n2)s1. The molecule has 0 saturated heterocycles. The minimum Gasteiger partial charge on any atom is -0.348 e. The number of aryl methyl sites for hydroxylation is 2. The molecule has 1 atom stereocenters. The lowest BCUT2D eigenvalue weighted by Crippen LogP contribution is -2.28. The minimum absolute atomic E-state index is 0.0562. The minimum atomic E-state index is -0.0567. The molecule has 0 aliphatic carbocycles. The summed E-state index contributed by atoms with van der Waals surface area (Å²) in [6.07, 6.45) is 3.60. The van der Waals surface area contributed by atoms with E-state index in [9.17, 15) is 4.79 Å². The number of amides is 1. The predicted octanol–water partition coefficient (Wildman–Crippen LogP) is 3.09. The van der Waals surface area contributed by atoms with Crippen LogP contribution in [0.5, 0.6) is 0 Å². The second-order valence-electron chi connectivity index (χ2n) is 5.36. The molecule has 0 radical (unpaired) electrons. The number of carbonyl (C=O) groups is 1. The molecule has 24 heavy (non-hydrogen) atoms. The van der Waals surface area contributed by atoms with Crippen molar-refractivity contribution in [3.05, 3.63) is 45.1 Å². The van der Waals surface area contributed by atoms with Crippen LogP contribution in [0.3, 0.4) is 0 Å². The Morgan fingerprint density at radius 1 is 1.25 bits per heavy atom. The van der Waals surface area contributed by atoms with Crippen molar-refractivity contribution >= 4 is 28.6 Å². The molecule has 0 spiro atoms. The zero-order chi connectivity index (χ0) is 17.1. The Balaban J connectivity index is 1.63. The zero-order valence-corrected chi connectivity index (χ0v) is 15.2. The highest BCUT2D eigenvalue weighted by Crippen LogP contribution is 2.24. The highest BCUT2D eigenvalue weighted by Gasteiger charge is 2.16. The van der Waals surface area contributed by atoms with E-state index >= 15 is 0 Å². The quantitative estimate of drug-likeness (QED) is 0.757. The van der Waals surface area contributed by atoms with Crippen LogP contribution in [0.25, 0.3) is 10.8 Å². The number of hydrogen-bond acceptors (Lipinski definition) is 7. The summed E-state index contributed by atoms with van der Waals surface area (Å²) < 4.78 is 0. The molecule has 124 valence electrons. The molecule has 6 nitrogen and oxygen atoms in total. The summed E-state index contributed by atoms with van der Waals surface area (Å²) in [7, 11) is 0. The number of rotatable bonds is 5. The van der Waals surface area contributed by atoms with Crippen LogP contribution < -0.4 is 5.32 Å². The van der Waals surface area contributed by atoms with Crippen LogP contribution in [0.4, 0.5) is 0 Å². The first-order chi connectivity index (χ1) is 11.5. The summed E-state index contributed by atoms with van der Waals surface area (Å²) in [5.41, 5.74) is 1.70. The first kappa shape index (κ1) is 16.7. The fraction of sp³-hybridized carbons (Fsp3) is 0.312. The van der Waals surface area contributed by atoms with Crippen molar-refractivity contribution < 1.29 is 4.79 Å². The Morgan fingerprint density at radius 2 is 2.00 bits per heavy atom. The van der Waals surface area contributed by atoms with E-state index in [1.165, 1.54) is 11.3 Å². The lowest BCUT2D eigenvalue weighted by molar-refractivity contribution is -0.121. The van der Waals surface area contributed by atoms with Gasteiger partial charge in [-0.25, -0.2) is 19.9 Å². The molecule has 3 aromatic heterocycles. The third-order valence-corrected chi connectivity index (χ3v) is 5.50. The fourth-order valence-electron chi connectivity index (χ4n) is 2.37. The molecule has 0 aliphatic rings. The van der Waals surface area contributed by atoms with Gasteiger partial charge in [0.1, 0.15) is 0 Å². The van der Waals surface area contributed by atoms with Crippen LogP contribution in [-0.2, 0) is 11.2 Å². The van der Waals surface area contributed by atoms with Gasteiger partial charge in [0.2, 0.25) is 5.91 Å². The van der Waals surface area contributed by atoms with Crippen molar-refractivity contribution in [3.8, 4) is 10.8 Å². The third kappa shape index (κ3) is 3.82. The molecule has 0 bridgehead atoms. The Bertz CT molecular complexity index is 843. The van der Waals surface area contributed by atoms with Crippen LogP contribution in [0.15, 0.2) is 23.8 Å². The molecule has 0 fully saturated rings. The largest absolute Gasteiger partial charge is 0.348 e. The Kier molecular flexibility index (Phi) is 4.96. The zero-order valence-electron chi connectivity index (χ0n) is 13.6. The van der Waals surface area contributed by atoms with Gasteiger partial charge in [-0.1, -0.05) is 0 Å². The van der Waals surface area contributed by atoms with Crippen molar-refractivity contribution in [2.75, 3.05) is 0 Å². The smallest absolute Gasteiger partial charge is 0.226 e. The van der Waals surface area contributed by atoms with Gasteiger partial charge < -0.3 is 5.32 Å². The van der Waals surface area contributed by atoms with E-state index in [-0.39, 0.29) is 18.4 Å². The molecule has 0 saturated carbocycles. The molecule has 1 N–H and O–H groups in total. The second-order valence-corrected chi connectivity index (χ2v) is 7.46. The number of thiazole rings is 2. The summed E-state index contributed by atoms with van der Waals surface area (Å²) >= 11 is 3.06. The highest BCUT2D eigenvalue weighted by molar-refractivity contribution is 7.13. The van der Waals surface area contributed by atoms with Gasteiger partial charge >= 0.3 is 0 Å². The maximum atomic E-state index is 12.3. The van der Waals surface area contributed by atoms with Crippen molar-refractivity contribution in [2.24, 2.45) is 0 Å². The van der Waals surface area contributed by atoms with Gasteiger partial charge in [-0.2, -0.15) is 0 Å². The normalized spacial score (nSPS) is 12.1. The third-order valence-electron chi connectivity index (χ3n) is 3.36. The Hall–Kier alpha value is -2.19. The van der Waals surface area contributed by atoms with Crippen LogP contribution in [0.1, 0.15) is 34.2 Å². The summed E-state index contributed by atoms with van der Waals surface area (Å²) in [4.78, 5) is 30.6. The topological polar surface area (TPSA) is 80.7 Å². The number of nitrogens with one attached hydrogen (secondary N) is 1. The monoisotopic (exact) mass is 359 g/mol. The van der Waals surface area contributed by atoms with Gasteiger partial charge in [-0.15, -0.1) is 22.7 Å². The van der Waals surface area contributed by atoms with E-state index in [0.29, 0.717) is 5.82 Å². The molecule has 3 heterocycles. The predicted molar refractivity (Wildman–Crippen MR) is 95.0 cm³/mol. The molecular formula is C16H17N5OS2. The van der Waals surface area contributed by atoms with Crippen molar-refractivity contribution in [2.45, 2.75) is 33.2 Å². The molecule has 8 heteroatoms. The average Bonchev–Trinajstić information content (AvgIpc) is 3.14. The van der Waals surface area contributed by atoms with Crippen molar-refractivity contribution in [1.29, 1.82) is 0 Å². The van der Waals surface area contributed by atoms with Crippen LogP contribution >= 0.6 is 22.7 Å². The summed E-state index contributed by atoms with van der Waals surface area (Å²) in [6, 6.07) is 1.70. The van der Waals surface area contributed by atoms with Crippen molar-refractivity contribution in [1.82, 2.24) is 25.3 Å². The van der Waals surface area contributed by atoms with E-state index < -0.39 is 0 Å². The van der Waals surface area contributed by atoms with Gasteiger partial charge in [0.05, 0.1) is 28.9 Å². The van der Waals surface area contributed by atoms with Crippen LogP contribution in [0.2, 0.25) is 0 Å². The van der Waals surface area contributed by atoms with E-state index in [0.717, 1.165) is 26.3 Å². The number of carbonyl (C=O) groups excluding carboxylic acids is 1. The van der Waals surface area contributed by atoms with Gasteiger partial charge in [-0.05, 0) is 26.8 Å². The van der Waals surface area contributed by atoms with E-state index in [4.69, 9.17) is 0 Å². The standard InChI is InChI=1S/C16H17N5OS2/c1-9-14(24-11(3)19-9)10(2)20-13(22)7-12-8-23-16(21-12)15-17-5-4-6-18-15/h4-6,8,10H,7H2,1-3H3,(H,20,22)/t10-/m0/s1. The Morgan fingerprint density at radius 3 is 2.67 bits per heavy atom. The van der Waals surface area contributed by atoms with Crippen LogP contribution in [-0.4, -0.2) is 25.8 Å². The lowest BCUT2D eigenvalue weighted by atomic mass is 10.2. The summed E-state index contributed by atoms with van der Waals surface area (Å²) in [6.45, 7) is 5.91. The molecular weight excluding hydrogens is 342 g/mol. The van der Waals surface area contributed by atoms with Gasteiger partial charge in [-0.3, -0.25) is 4.79 Å². The summed E-state index contributed by atoms with van der Waals surface area (Å²) in [5.74, 6) is 0.525. The number of nitrogens with zero attached hydrogens (tertiary/aromatic N) is 4. The maximum absolute atomic E-state index is 12.3. The first-order valence-corrected chi connectivity index (χ1v) is 9.17. The molecule has 1 amide bonds. The van der Waals surface area contributed by atoms with Gasteiger partial charge in [0.15, 0.2) is 10.8 Å². The van der Waals surface area contributed by atoms with Gasteiger partial charge in [0, 0.05) is 22.7 Å². The maximum Gasteiger partial charge on any atom is 0.226 e. The van der Waals surface area contributed by atoms with E-state index in [1.54, 1.807) is 29.8 Å². The molecule has 0 aliphatic heterocycles. The number of hydrogen-bond donors (Lipinski definition) is 1. The molecule has 0 aromatic carbocycles. The highest BCUT2D eigenvalue weighted by atomic mass is 32.1. The molecule has 3 aromatic rings. The van der Waals surface area contributed by atoms with Crippen LogP contribution in [0, 0.1) is 13.8 Å². The van der Waals surface area contributed by atoms with E-state index in [2.05, 4.69) is 25.3 Å². The number of aromatic nitrogens is 4. The molecule has 3 rings (SSSR count). The first-order valence-electron chi connectivity index (χ1n) is 7.48. The Labute approximate surface area is 148 Å². The average molecular weight is 359 g/mol. The van der Waals surface area contributed by atoms with Gasteiger partial charge in [0.25, 0.3) is 0 Å². The second kappa shape index (κ2) is 7.14.